The molecule has 1 N–H and O–H groups in total. The van der Waals surface area contributed by atoms with Crippen LogP contribution in [-0.2, 0) is 4.74 Å². The number of aliphatic hydroxyl groups is 1. The molecule has 0 aromatic rings. The summed E-state index contributed by atoms with van der Waals surface area (Å²) < 4.78 is 5.15. The van der Waals surface area contributed by atoms with E-state index >= 15 is 0 Å². The highest BCUT2D eigenvalue weighted by Gasteiger charge is 2.27. The molecule has 3 atom stereocenters. The number of hydrogen-bond acceptors (Lipinski definition) is 2. The maximum Gasteiger partial charge on any atom is 0.109 e. The van der Waals surface area contributed by atoms with Crippen LogP contribution in [0.5, 0.6) is 0 Å². The molecule has 1 rings (SSSR count). The fourth-order valence-corrected chi connectivity index (χ4v) is 1.16. The van der Waals surface area contributed by atoms with Crippen molar-refractivity contribution in [3.63, 3.8) is 0 Å². The predicted molar refractivity (Wildman–Crippen MR) is 35.3 cm³/mol. The summed E-state index contributed by atoms with van der Waals surface area (Å²) in [5.41, 5.74) is 0. The van der Waals surface area contributed by atoms with Crippen LogP contribution < -0.4 is 0 Å². The first-order chi connectivity index (χ1) is 4.24. The third-order valence-electron chi connectivity index (χ3n) is 1.77. The van der Waals surface area contributed by atoms with Gasteiger partial charge in [-0.3, -0.25) is 0 Å². The molecule has 1 heterocycles. The molecular formula is C6H11BO2. The molecule has 0 saturated carbocycles. The maximum atomic E-state index is 8.67. The lowest BCUT2D eigenvalue weighted by Crippen LogP contribution is -2.18. The molecule has 1 unspecified atom stereocenters. The SMILES string of the molecule is [B][C@H]1CC(C)[C@@H](CO)O1. The molecule has 50 valence electrons. The third-order valence-corrected chi connectivity index (χ3v) is 1.77. The molecule has 1 aliphatic heterocycles. The summed E-state index contributed by atoms with van der Waals surface area (Å²) in [5, 5.41) is 8.67. The van der Waals surface area contributed by atoms with E-state index in [1.54, 1.807) is 0 Å². The van der Waals surface area contributed by atoms with Crippen LogP contribution in [0.15, 0.2) is 0 Å². The molecule has 2 nitrogen and oxygen atoms in total. The van der Waals surface area contributed by atoms with Crippen LogP contribution in [0.4, 0.5) is 0 Å². The van der Waals surface area contributed by atoms with E-state index in [0.717, 1.165) is 6.42 Å². The minimum atomic E-state index is -0.155. The van der Waals surface area contributed by atoms with Gasteiger partial charge in [0.15, 0.2) is 0 Å². The second kappa shape index (κ2) is 2.71. The second-order valence-corrected chi connectivity index (χ2v) is 2.61. The van der Waals surface area contributed by atoms with Crippen molar-refractivity contribution in [2.45, 2.75) is 25.5 Å². The molecule has 9 heavy (non-hydrogen) atoms. The minimum Gasteiger partial charge on any atom is -0.394 e. The van der Waals surface area contributed by atoms with Gasteiger partial charge in [-0.1, -0.05) is 6.92 Å². The van der Waals surface area contributed by atoms with Crippen LogP contribution in [0.2, 0.25) is 0 Å². The van der Waals surface area contributed by atoms with E-state index in [-0.39, 0.29) is 18.7 Å². The Labute approximate surface area is 56.6 Å². The Bertz CT molecular complexity index is 97.1. The highest BCUT2D eigenvalue weighted by Crippen LogP contribution is 2.23. The molecule has 1 aliphatic rings. The van der Waals surface area contributed by atoms with Crippen molar-refractivity contribution in [2.24, 2.45) is 5.92 Å². The van der Waals surface area contributed by atoms with Crippen LogP contribution in [-0.4, -0.2) is 31.7 Å². The fraction of sp³-hybridized carbons (Fsp3) is 1.00. The average Bonchev–Trinajstić information content (AvgIpc) is 2.10. The van der Waals surface area contributed by atoms with Crippen molar-refractivity contribution in [3.05, 3.63) is 0 Å². The second-order valence-electron chi connectivity index (χ2n) is 2.61. The Kier molecular flexibility index (Phi) is 2.14. The summed E-state index contributed by atoms with van der Waals surface area (Å²) in [6.07, 6.45) is 0.839. The van der Waals surface area contributed by atoms with Crippen LogP contribution >= 0.6 is 0 Å². The molecule has 0 aromatic carbocycles. The summed E-state index contributed by atoms with van der Waals surface area (Å²) in [4.78, 5) is 0. The van der Waals surface area contributed by atoms with Crippen molar-refractivity contribution in [3.8, 4) is 0 Å². The lowest BCUT2D eigenvalue weighted by atomic mass is 9.92. The number of rotatable bonds is 1. The molecule has 1 saturated heterocycles. The topological polar surface area (TPSA) is 29.5 Å². The van der Waals surface area contributed by atoms with Gasteiger partial charge in [-0.15, -0.1) is 0 Å². The number of hydrogen-bond donors (Lipinski definition) is 1. The zero-order valence-electron chi connectivity index (χ0n) is 5.58. The molecule has 1 fully saturated rings. The summed E-state index contributed by atoms with van der Waals surface area (Å²) in [6.45, 7) is 2.13. The van der Waals surface area contributed by atoms with Crippen LogP contribution in [0.1, 0.15) is 13.3 Å². The molecule has 0 spiro atoms. The van der Waals surface area contributed by atoms with Crippen LogP contribution in [0.25, 0.3) is 0 Å². The molecule has 0 aliphatic carbocycles. The number of ether oxygens (including phenoxy) is 1. The molecule has 3 heteroatoms. The van der Waals surface area contributed by atoms with Gasteiger partial charge in [-0.05, 0) is 12.3 Å². The van der Waals surface area contributed by atoms with Crippen molar-refractivity contribution in [1.82, 2.24) is 0 Å². The smallest absolute Gasteiger partial charge is 0.109 e. The third kappa shape index (κ3) is 1.46. The zero-order chi connectivity index (χ0) is 6.85. The van der Waals surface area contributed by atoms with Gasteiger partial charge >= 0.3 is 0 Å². The van der Waals surface area contributed by atoms with E-state index in [1.165, 1.54) is 0 Å². The van der Waals surface area contributed by atoms with E-state index in [2.05, 4.69) is 0 Å². The Morgan fingerprint density at radius 2 is 2.44 bits per heavy atom. The Morgan fingerprint density at radius 1 is 1.78 bits per heavy atom. The van der Waals surface area contributed by atoms with E-state index < -0.39 is 0 Å². The van der Waals surface area contributed by atoms with Gasteiger partial charge in [-0.2, -0.15) is 0 Å². The zero-order valence-corrected chi connectivity index (χ0v) is 5.58. The maximum absolute atomic E-state index is 8.67. The van der Waals surface area contributed by atoms with Crippen molar-refractivity contribution < 1.29 is 9.84 Å². The van der Waals surface area contributed by atoms with Gasteiger partial charge in [0.25, 0.3) is 0 Å². The van der Waals surface area contributed by atoms with E-state index in [1.807, 2.05) is 6.92 Å². The largest absolute Gasteiger partial charge is 0.394 e. The van der Waals surface area contributed by atoms with Gasteiger partial charge < -0.3 is 9.84 Å². The first kappa shape index (κ1) is 7.10. The van der Waals surface area contributed by atoms with E-state index in [4.69, 9.17) is 17.7 Å². The van der Waals surface area contributed by atoms with Gasteiger partial charge in [-0.25, -0.2) is 0 Å². The summed E-state index contributed by atoms with van der Waals surface area (Å²) in [7, 11) is 5.46. The van der Waals surface area contributed by atoms with E-state index in [9.17, 15) is 0 Å². The quantitative estimate of drug-likeness (QED) is 0.497. The first-order valence-electron chi connectivity index (χ1n) is 3.26. The molecule has 2 radical (unpaired) electrons. The van der Waals surface area contributed by atoms with E-state index in [0.29, 0.717) is 5.92 Å². The van der Waals surface area contributed by atoms with Gasteiger partial charge in [0.2, 0.25) is 0 Å². The number of aliphatic hydroxyl groups excluding tert-OH is 1. The van der Waals surface area contributed by atoms with Crippen LogP contribution in [0, 0.1) is 5.92 Å². The molecule has 0 bridgehead atoms. The minimum absolute atomic E-state index is 0.0278. The Hall–Kier alpha value is -0.0151. The lowest BCUT2D eigenvalue weighted by Gasteiger charge is -2.09. The first-order valence-corrected chi connectivity index (χ1v) is 3.26. The van der Waals surface area contributed by atoms with Gasteiger partial charge in [0, 0.05) is 6.00 Å². The summed E-state index contributed by atoms with van der Waals surface area (Å²) >= 11 is 0. The average molecular weight is 126 g/mol. The highest BCUT2D eigenvalue weighted by atomic mass is 16.5. The van der Waals surface area contributed by atoms with Gasteiger partial charge in [0.1, 0.15) is 7.85 Å². The van der Waals surface area contributed by atoms with Crippen molar-refractivity contribution in [1.29, 1.82) is 0 Å². The predicted octanol–water partition coefficient (Wildman–Crippen LogP) is -0.102. The monoisotopic (exact) mass is 126 g/mol. The summed E-state index contributed by atoms with van der Waals surface area (Å²) in [6, 6.07) is -0.155. The van der Waals surface area contributed by atoms with Crippen molar-refractivity contribution >= 4 is 7.85 Å². The lowest BCUT2D eigenvalue weighted by molar-refractivity contribution is 0.0293. The standard InChI is InChI=1S/C6H11BO2/c1-4-2-6(7)9-5(4)3-8/h4-6,8H,2-3H2,1H3/t4?,5-,6-/m1/s1. The normalized spacial score (nSPS) is 43.6. The van der Waals surface area contributed by atoms with Gasteiger partial charge in [0.05, 0.1) is 12.7 Å². The van der Waals surface area contributed by atoms with Crippen molar-refractivity contribution in [2.75, 3.05) is 6.61 Å². The molecular weight excluding hydrogens is 115 g/mol. The Balaban J connectivity index is 2.38. The molecule has 0 aromatic heterocycles. The summed E-state index contributed by atoms with van der Waals surface area (Å²) in [5.74, 6) is 0.407. The van der Waals surface area contributed by atoms with Crippen LogP contribution in [0.3, 0.4) is 0 Å². The molecule has 0 amide bonds. The fourth-order valence-electron chi connectivity index (χ4n) is 1.16. The Morgan fingerprint density at radius 3 is 2.67 bits per heavy atom. The highest BCUT2D eigenvalue weighted by molar-refractivity contribution is 6.11.